The van der Waals surface area contributed by atoms with Crippen LogP contribution in [0.15, 0.2) is 78.9 Å². The SMILES string of the molecule is COc1ccc(C2CCCN2CN2C(=O)NC(c3ccccc3)(c3ccccc3)C2=O)c(OC)c1. The van der Waals surface area contributed by atoms with Crippen LogP contribution in [-0.4, -0.2) is 49.2 Å². The largest absolute Gasteiger partial charge is 0.497 e. The van der Waals surface area contributed by atoms with Crippen molar-refractivity contribution in [2.24, 2.45) is 0 Å². The van der Waals surface area contributed by atoms with E-state index >= 15 is 0 Å². The smallest absolute Gasteiger partial charge is 0.326 e. The highest BCUT2D eigenvalue weighted by atomic mass is 16.5. The lowest BCUT2D eigenvalue weighted by Gasteiger charge is -2.31. The van der Waals surface area contributed by atoms with Gasteiger partial charge in [-0.15, -0.1) is 0 Å². The summed E-state index contributed by atoms with van der Waals surface area (Å²) in [5, 5.41) is 3.04. The van der Waals surface area contributed by atoms with Crippen LogP contribution in [0.4, 0.5) is 4.79 Å². The van der Waals surface area contributed by atoms with Gasteiger partial charge in [0.1, 0.15) is 11.5 Å². The van der Waals surface area contributed by atoms with Gasteiger partial charge < -0.3 is 14.8 Å². The first-order chi connectivity index (χ1) is 17.1. The van der Waals surface area contributed by atoms with E-state index in [2.05, 4.69) is 10.2 Å². The van der Waals surface area contributed by atoms with Gasteiger partial charge in [-0.05, 0) is 30.0 Å². The molecular formula is C28H29N3O4. The quantitative estimate of drug-likeness (QED) is 0.521. The zero-order valence-corrected chi connectivity index (χ0v) is 19.9. The molecule has 2 fully saturated rings. The molecule has 2 aliphatic heterocycles. The Morgan fingerprint density at radius 1 is 0.914 bits per heavy atom. The Labute approximate surface area is 205 Å². The molecule has 0 aliphatic carbocycles. The van der Waals surface area contributed by atoms with Crippen LogP contribution < -0.4 is 14.8 Å². The second-order valence-corrected chi connectivity index (χ2v) is 8.87. The number of carbonyl (C=O) groups is 2. The van der Waals surface area contributed by atoms with Crippen LogP contribution in [0.1, 0.15) is 35.6 Å². The molecule has 180 valence electrons. The van der Waals surface area contributed by atoms with Crippen LogP contribution in [0.2, 0.25) is 0 Å². The van der Waals surface area contributed by atoms with Gasteiger partial charge in [0, 0.05) is 24.2 Å². The van der Waals surface area contributed by atoms with E-state index in [1.54, 1.807) is 14.2 Å². The molecular weight excluding hydrogens is 442 g/mol. The van der Waals surface area contributed by atoms with Crippen molar-refractivity contribution in [3.05, 3.63) is 95.6 Å². The number of nitrogens with zero attached hydrogens (tertiary/aromatic N) is 2. The van der Waals surface area contributed by atoms with Crippen LogP contribution in [0.3, 0.4) is 0 Å². The van der Waals surface area contributed by atoms with Crippen molar-refractivity contribution in [2.45, 2.75) is 24.4 Å². The predicted molar refractivity (Wildman–Crippen MR) is 132 cm³/mol. The number of carbonyl (C=O) groups excluding carboxylic acids is 2. The van der Waals surface area contributed by atoms with E-state index in [1.807, 2.05) is 78.9 Å². The van der Waals surface area contributed by atoms with Gasteiger partial charge in [-0.3, -0.25) is 9.69 Å². The van der Waals surface area contributed by atoms with Crippen LogP contribution in [0.5, 0.6) is 11.5 Å². The lowest BCUT2D eigenvalue weighted by molar-refractivity contribution is -0.131. The second kappa shape index (κ2) is 9.43. The lowest BCUT2D eigenvalue weighted by atomic mass is 9.83. The molecule has 0 bridgehead atoms. The fourth-order valence-corrected chi connectivity index (χ4v) is 5.26. The van der Waals surface area contributed by atoms with E-state index < -0.39 is 11.6 Å². The maximum atomic E-state index is 14.1. The standard InChI is InChI=1S/C28H29N3O4/c1-34-22-15-16-23(25(18-22)35-2)24-14-9-17-30(24)19-31-26(32)28(29-27(31)33,20-10-5-3-6-11-20)21-12-7-4-8-13-21/h3-8,10-13,15-16,18,24H,9,14,17,19H2,1-2H3,(H,29,33). The van der Waals surface area contributed by atoms with Crippen molar-refractivity contribution >= 4 is 11.9 Å². The average Bonchev–Trinajstić information content (AvgIpc) is 3.47. The van der Waals surface area contributed by atoms with Crippen LogP contribution in [0.25, 0.3) is 0 Å². The number of urea groups is 1. The fraction of sp³-hybridized carbons (Fsp3) is 0.286. The van der Waals surface area contributed by atoms with Gasteiger partial charge in [-0.25, -0.2) is 9.69 Å². The molecule has 0 aromatic heterocycles. The number of methoxy groups -OCH3 is 2. The summed E-state index contributed by atoms with van der Waals surface area (Å²) in [5.41, 5.74) is 1.24. The van der Waals surface area contributed by atoms with E-state index in [4.69, 9.17) is 9.47 Å². The Kier molecular flexibility index (Phi) is 6.17. The van der Waals surface area contributed by atoms with E-state index in [-0.39, 0.29) is 18.6 Å². The van der Waals surface area contributed by atoms with Crippen molar-refractivity contribution in [2.75, 3.05) is 27.4 Å². The third-order valence-electron chi connectivity index (χ3n) is 7.01. The topological polar surface area (TPSA) is 71.1 Å². The highest BCUT2D eigenvalue weighted by Gasteiger charge is 2.54. The number of likely N-dealkylation sites (tertiary alicyclic amines) is 1. The van der Waals surface area contributed by atoms with Crippen LogP contribution in [-0.2, 0) is 10.3 Å². The molecule has 0 radical (unpaired) electrons. The van der Waals surface area contributed by atoms with E-state index in [0.717, 1.165) is 47.6 Å². The summed E-state index contributed by atoms with van der Waals surface area (Å²) in [6.07, 6.45) is 1.88. The molecule has 2 saturated heterocycles. The van der Waals surface area contributed by atoms with Crippen molar-refractivity contribution < 1.29 is 19.1 Å². The molecule has 7 heteroatoms. The molecule has 0 saturated carbocycles. The number of rotatable bonds is 7. The first-order valence-electron chi connectivity index (χ1n) is 11.8. The maximum Gasteiger partial charge on any atom is 0.326 e. The molecule has 2 heterocycles. The number of hydrogen-bond acceptors (Lipinski definition) is 5. The van der Waals surface area contributed by atoms with Crippen molar-refractivity contribution in [1.29, 1.82) is 0 Å². The summed E-state index contributed by atoms with van der Waals surface area (Å²) in [6, 6.07) is 24.3. The minimum atomic E-state index is -1.26. The molecule has 1 atom stereocenters. The molecule has 35 heavy (non-hydrogen) atoms. The van der Waals surface area contributed by atoms with Gasteiger partial charge in [0.05, 0.1) is 20.9 Å². The normalized spacial score (nSPS) is 19.6. The summed E-state index contributed by atoms with van der Waals surface area (Å²) < 4.78 is 11.0. The molecule has 2 aliphatic rings. The van der Waals surface area contributed by atoms with Gasteiger partial charge in [-0.1, -0.05) is 66.7 Å². The predicted octanol–water partition coefficient (Wildman–Crippen LogP) is 4.29. The molecule has 7 nitrogen and oxygen atoms in total. The minimum absolute atomic E-state index is 0.0277. The van der Waals surface area contributed by atoms with Crippen molar-refractivity contribution in [1.82, 2.24) is 15.1 Å². The second-order valence-electron chi connectivity index (χ2n) is 8.87. The zero-order valence-electron chi connectivity index (χ0n) is 19.9. The number of benzene rings is 3. The summed E-state index contributed by atoms with van der Waals surface area (Å²) in [4.78, 5) is 30.9. The number of ether oxygens (including phenoxy) is 2. The Hall–Kier alpha value is -3.84. The Bertz CT molecular complexity index is 1180. The molecule has 3 aromatic rings. The Morgan fingerprint density at radius 2 is 1.57 bits per heavy atom. The fourth-order valence-electron chi connectivity index (χ4n) is 5.26. The minimum Gasteiger partial charge on any atom is -0.497 e. The Morgan fingerprint density at radius 3 is 2.17 bits per heavy atom. The van der Waals surface area contributed by atoms with Crippen LogP contribution >= 0.6 is 0 Å². The van der Waals surface area contributed by atoms with E-state index in [9.17, 15) is 9.59 Å². The van der Waals surface area contributed by atoms with E-state index in [1.165, 1.54) is 4.90 Å². The summed E-state index contributed by atoms with van der Waals surface area (Å²) >= 11 is 0. The van der Waals surface area contributed by atoms with Crippen molar-refractivity contribution in [3.8, 4) is 11.5 Å². The molecule has 1 unspecified atom stereocenters. The molecule has 5 rings (SSSR count). The van der Waals surface area contributed by atoms with Crippen LogP contribution in [0, 0.1) is 0 Å². The Balaban J connectivity index is 1.47. The number of amides is 3. The zero-order chi connectivity index (χ0) is 24.4. The summed E-state index contributed by atoms with van der Waals surface area (Å²) in [6.45, 7) is 0.979. The monoisotopic (exact) mass is 471 g/mol. The maximum absolute atomic E-state index is 14.1. The van der Waals surface area contributed by atoms with Gasteiger partial charge in [0.2, 0.25) is 0 Å². The van der Waals surface area contributed by atoms with Gasteiger partial charge >= 0.3 is 6.03 Å². The molecule has 3 aromatic carbocycles. The van der Waals surface area contributed by atoms with Gasteiger partial charge in [0.15, 0.2) is 5.54 Å². The molecule has 0 spiro atoms. The number of hydrogen-bond donors (Lipinski definition) is 1. The summed E-state index contributed by atoms with van der Waals surface area (Å²) in [7, 11) is 3.27. The highest BCUT2D eigenvalue weighted by Crippen LogP contribution is 2.41. The van der Waals surface area contributed by atoms with Gasteiger partial charge in [-0.2, -0.15) is 0 Å². The molecule has 1 N–H and O–H groups in total. The highest BCUT2D eigenvalue weighted by molar-refractivity contribution is 6.09. The first-order valence-corrected chi connectivity index (χ1v) is 11.8. The number of imide groups is 1. The van der Waals surface area contributed by atoms with E-state index in [0.29, 0.717) is 0 Å². The summed E-state index contributed by atoms with van der Waals surface area (Å²) in [5.74, 6) is 1.19. The third-order valence-corrected chi connectivity index (χ3v) is 7.01. The third kappa shape index (κ3) is 3.91. The van der Waals surface area contributed by atoms with Gasteiger partial charge in [0.25, 0.3) is 5.91 Å². The lowest BCUT2D eigenvalue weighted by Crippen LogP contribution is -2.46. The number of nitrogens with one attached hydrogen (secondary N) is 1. The van der Waals surface area contributed by atoms with Crippen molar-refractivity contribution in [3.63, 3.8) is 0 Å². The first kappa shape index (κ1) is 22.9. The average molecular weight is 472 g/mol. The molecule has 3 amide bonds.